The molecule has 4 nitrogen and oxygen atoms in total. The highest BCUT2D eigenvalue weighted by Gasteiger charge is 2.04. The summed E-state index contributed by atoms with van der Waals surface area (Å²) in [5, 5.41) is 8.37. The van der Waals surface area contributed by atoms with E-state index >= 15 is 0 Å². The fourth-order valence-electron chi connectivity index (χ4n) is 1.45. The van der Waals surface area contributed by atoms with Crippen molar-refractivity contribution in [2.75, 3.05) is 19.6 Å². The molecule has 1 heterocycles. The van der Waals surface area contributed by atoms with Crippen LogP contribution in [0.3, 0.4) is 0 Å². The fraction of sp³-hybridized carbons (Fsp3) is 0.778. The molecule has 0 aliphatic carbocycles. The molecule has 1 saturated heterocycles. The molecule has 0 unspecified atom stereocenters. The Morgan fingerprint density at radius 2 is 1.92 bits per heavy atom. The minimum atomic E-state index is -0.869. The molecule has 0 amide bonds. The van der Waals surface area contributed by atoms with E-state index in [9.17, 15) is 4.79 Å². The summed E-state index contributed by atoms with van der Waals surface area (Å²) in [6, 6.07) is 0. The molecule has 13 heavy (non-hydrogen) atoms. The van der Waals surface area contributed by atoms with Crippen molar-refractivity contribution in [2.45, 2.75) is 25.7 Å². The number of carbonyl (C=O) groups is 1. The van der Waals surface area contributed by atoms with Gasteiger partial charge in [-0.3, -0.25) is 9.79 Å². The van der Waals surface area contributed by atoms with Crippen LogP contribution in [0.4, 0.5) is 0 Å². The Bertz CT molecular complexity index is 184. The number of hydrogen-bond donors (Lipinski definition) is 1. The van der Waals surface area contributed by atoms with Crippen LogP contribution in [0.1, 0.15) is 25.7 Å². The predicted molar refractivity (Wildman–Crippen MR) is 51.0 cm³/mol. The lowest BCUT2D eigenvalue weighted by Gasteiger charge is -2.15. The zero-order valence-corrected chi connectivity index (χ0v) is 7.78. The second kappa shape index (κ2) is 5.56. The van der Waals surface area contributed by atoms with Gasteiger partial charge in [0.25, 0.3) is 0 Å². The minimum Gasteiger partial charge on any atom is -0.480 e. The van der Waals surface area contributed by atoms with Crippen LogP contribution in [0, 0.1) is 0 Å². The van der Waals surface area contributed by atoms with Crippen LogP contribution in [-0.2, 0) is 4.79 Å². The molecule has 0 spiro atoms. The molecule has 0 aromatic carbocycles. The molecule has 1 aliphatic heterocycles. The van der Waals surface area contributed by atoms with Crippen molar-refractivity contribution in [1.29, 1.82) is 0 Å². The maximum Gasteiger partial charge on any atom is 0.325 e. The van der Waals surface area contributed by atoms with E-state index in [0.29, 0.717) is 0 Å². The number of carboxylic acids is 1. The highest BCUT2D eigenvalue weighted by atomic mass is 16.4. The second-order valence-corrected chi connectivity index (χ2v) is 3.30. The summed E-state index contributed by atoms with van der Waals surface area (Å²) in [4.78, 5) is 16.1. The zero-order valence-electron chi connectivity index (χ0n) is 7.78. The third-order valence-corrected chi connectivity index (χ3v) is 2.11. The Balaban J connectivity index is 2.25. The van der Waals surface area contributed by atoms with E-state index in [1.807, 2.05) is 0 Å². The van der Waals surface area contributed by atoms with E-state index in [1.165, 1.54) is 25.7 Å². The van der Waals surface area contributed by atoms with Gasteiger partial charge in [0.2, 0.25) is 0 Å². The van der Waals surface area contributed by atoms with E-state index in [4.69, 9.17) is 5.11 Å². The number of aliphatic carboxylic acids is 1. The predicted octanol–water partition coefficient (Wildman–Crippen LogP) is 0.975. The Morgan fingerprint density at radius 3 is 2.46 bits per heavy atom. The molecule has 1 N–H and O–H groups in total. The Morgan fingerprint density at radius 1 is 1.31 bits per heavy atom. The number of carboxylic acid groups (broad SMARTS) is 1. The Kier molecular flexibility index (Phi) is 4.29. The van der Waals surface area contributed by atoms with Gasteiger partial charge in [0.15, 0.2) is 0 Å². The second-order valence-electron chi connectivity index (χ2n) is 3.30. The highest BCUT2D eigenvalue weighted by molar-refractivity contribution is 5.71. The van der Waals surface area contributed by atoms with E-state index < -0.39 is 5.97 Å². The molecule has 0 atom stereocenters. The summed E-state index contributed by atoms with van der Waals surface area (Å²) in [6.45, 7) is 1.92. The summed E-state index contributed by atoms with van der Waals surface area (Å²) < 4.78 is 0. The number of rotatable bonds is 3. The normalized spacial score (nSPS) is 18.9. The topological polar surface area (TPSA) is 52.9 Å². The molecule has 0 aromatic heterocycles. The van der Waals surface area contributed by atoms with Crippen LogP contribution in [0.2, 0.25) is 0 Å². The maximum atomic E-state index is 10.2. The molecule has 4 heteroatoms. The third kappa shape index (κ3) is 4.50. The SMILES string of the molecule is O=C(O)CN=CN1CCCCCC1. The van der Waals surface area contributed by atoms with Gasteiger partial charge in [0.05, 0.1) is 6.34 Å². The van der Waals surface area contributed by atoms with Crippen molar-refractivity contribution in [3.63, 3.8) is 0 Å². The molecule has 0 saturated carbocycles. The smallest absolute Gasteiger partial charge is 0.325 e. The first kappa shape index (κ1) is 10.0. The molecular formula is C9H16N2O2. The molecule has 1 fully saturated rings. The van der Waals surface area contributed by atoms with Crippen LogP contribution >= 0.6 is 0 Å². The lowest BCUT2D eigenvalue weighted by Crippen LogP contribution is -2.23. The molecular weight excluding hydrogens is 168 g/mol. The van der Waals surface area contributed by atoms with Crippen LogP contribution in [0.25, 0.3) is 0 Å². The summed E-state index contributed by atoms with van der Waals surface area (Å²) in [5.74, 6) is -0.869. The highest BCUT2D eigenvalue weighted by Crippen LogP contribution is 2.07. The minimum absolute atomic E-state index is 0.115. The van der Waals surface area contributed by atoms with Gasteiger partial charge in [0.1, 0.15) is 6.54 Å². The number of nitrogens with zero attached hydrogens (tertiary/aromatic N) is 2. The third-order valence-electron chi connectivity index (χ3n) is 2.11. The van der Waals surface area contributed by atoms with Gasteiger partial charge >= 0.3 is 5.97 Å². The summed E-state index contributed by atoms with van der Waals surface area (Å²) >= 11 is 0. The molecule has 1 aliphatic rings. The summed E-state index contributed by atoms with van der Waals surface area (Å²) in [6.07, 6.45) is 6.63. The van der Waals surface area contributed by atoms with Crippen molar-refractivity contribution in [1.82, 2.24) is 4.90 Å². The van der Waals surface area contributed by atoms with E-state index in [0.717, 1.165) is 13.1 Å². The van der Waals surface area contributed by atoms with Gasteiger partial charge in [-0.25, -0.2) is 0 Å². The van der Waals surface area contributed by atoms with Crippen LogP contribution in [0.15, 0.2) is 4.99 Å². The molecule has 0 bridgehead atoms. The molecule has 74 valence electrons. The average Bonchev–Trinajstić information content (AvgIpc) is 2.32. The van der Waals surface area contributed by atoms with Gasteiger partial charge < -0.3 is 10.0 Å². The van der Waals surface area contributed by atoms with Crippen LogP contribution in [-0.4, -0.2) is 41.9 Å². The first-order valence-corrected chi connectivity index (χ1v) is 4.75. The number of likely N-dealkylation sites (tertiary alicyclic amines) is 1. The first-order chi connectivity index (χ1) is 6.29. The largest absolute Gasteiger partial charge is 0.480 e. The van der Waals surface area contributed by atoms with Crippen molar-refractivity contribution in [3.8, 4) is 0 Å². The zero-order chi connectivity index (χ0) is 9.52. The van der Waals surface area contributed by atoms with Gasteiger partial charge in [-0.2, -0.15) is 0 Å². The lowest BCUT2D eigenvalue weighted by atomic mass is 10.2. The van der Waals surface area contributed by atoms with Gasteiger partial charge in [-0.05, 0) is 12.8 Å². The van der Waals surface area contributed by atoms with E-state index in [1.54, 1.807) is 6.34 Å². The van der Waals surface area contributed by atoms with Crippen molar-refractivity contribution in [3.05, 3.63) is 0 Å². The number of hydrogen-bond acceptors (Lipinski definition) is 2. The van der Waals surface area contributed by atoms with Crippen LogP contribution < -0.4 is 0 Å². The summed E-state index contributed by atoms with van der Waals surface area (Å²) in [7, 11) is 0. The van der Waals surface area contributed by atoms with Crippen molar-refractivity contribution >= 4 is 12.3 Å². The monoisotopic (exact) mass is 184 g/mol. The van der Waals surface area contributed by atoms with E-state index in [-0.39, 0.29) is 6.54 Å². The first-order valence-electron chi connectivity index (χ1n) is 4.75. The Labute approximate surface area is 78.3 Å². The summed E-state index contributed by atoms with van der Waals surface area (Å²) in [5.41, 5.74) is 0. The fourth-order valence-corrected chi connectivity index (χ4v) is 1.45. The Hall–Kier alpha value is -1.06. The van der Waals surface area contributed by atoms with Crippen molar-refractivity contribution < 1.29 is 9.90 Å². The maximum absolute atomic E-state index is 10.2. The molecule has 0 aromatic rings. The van der Waals surface area contributed by atoms with E-state index in [2.05, 4.69) is 9.89 Å². The molecule has 0 radical (unpaired) electrons. The van der Waals surface area contributed by atoms with Crippen molar-refractivity contribution in [2.24, 2.45) is 4.99 Å². The standard InChI is InChI=1S/C9H16N2O2/c12-9(13)7-10-8-11-5-3-1-2-4-6-11/h8H,1-7H2,(H,12,13). The number of aliphatic imine (C=N–C) groups is 1. The van der Waals surface area contributed by atoms with Gasteiger partial charge in [-0.1, -0.05) is 12.8 Å². The lowest BCUT2D eigenvalue weighted by molar-refractivity contribution is -0.135. The average molecular weight is 184 g/mol. The van der Waals surface area contributed by atoms with Gasteiger partial charge in [0, 0.05) is 13.1 Å². The van der Waals surface area contributed by atoms with Crippen LogP contribution in [0.5, 0.6) is 0 Å². The quantitative estimate of drug-likeness (QED) is 0.525. The molecule has 1 rings (SSSR count). The van der Waals surface area contributed by atoms with Gasteiger partial charge in [-0.15, -0.1) is 0 Å².